The number of carbonyl (C=O) groups excluding carboxylic acids is 1. The third kappa shape index (κ3) is 5.22. The van der Waals surface area contributed by atoms with Crippen molar-refractivity contribution in [2.45, 2.75) is 59.7 Å². The topological polar surface area (TPSA) is 32.3 Å². The highest BCUT2D eigenvalue weighted by Crippen LogP contribution is 2.05. The number of hydrogen-bond donors (Lipinski definition) is 1. The van der Waals surface area contributed by atoms with Crippen LogP contribution >= 0.6 is 0 Å². The van der Waals surface area contributed by atoms with Gasteiger partial charge in [-0.15, -0.1) is 0 Å². The maximum absolute atomic E-state index is 10.8. The van der Waals surface area contributed by atoms with Crippen molar-refractivity contribution in [3.8, 4) is 0 Å². The molecule has 1 atom stereocenters. The summed E-state index contributed by atoms with van der Waals surface area (Å²) in [6.07, 6.45) is 0. The zero-order chi connectivity index (χ0) is 11.3. The lowest BCUT2D eigenvalue weighted by molar-refractivity contribution is -0.119. The Bertz CT molecular complexity index is 170. The molecule has 0 aromatic rings. The first kappa shape index (κ1) is 13.4. The molecule has 0 bridgehead atoms. The largest absolute Gasteiger partial charge is 0.353 e. The smallest absolute Gasteiger partial charge is 0.217 e. The fourth-order valence-electron chi connectivity index (χ4n) is 1.73. The van der Waals surface area contributed by atoms with Crippen LogP contribution in [0.1, 0.15) is 41.5 Å². The van der Waals surface area contributed by atoms with Crippen LogP contribution in [-0.4, -0.2) is 35.5 Å². The summed E-state index contributed by atoms with van der Waals surface area (Å²) in [5.74, 6) is 0.0463. The van der Waals surface area contributed by atoms with Crippen molar-refractivity contribution in [2.24, 2.45) is 0 Å². The van der Waals surface area contributed by atoms with Crippen molar-refractivity contribution in [3.63, 3.8) is 0 Å². The van der Waals surface area contributed by atoms with Crippen LogP contribution in [0, 0.1) is 0 Å². The molecular weight excluding hydrogens is 176 g/mol. The summed E-state index contributed by atoms with van der Waals surface area (Å²) in [5.41, 5.74) is 0. The first-order valence-electron chi connectivity index (χ1n) is 5.37. The van der Waals surface area contributed by atoms with E-state index in [-0.39, 0.29) is 11.9 Å². The van der Waals surface area contributed by atoms with Gasteiger partial charge in [0.2, 0.25) is 5.91 Å². The molecule has 1 amide bonds. The molecule has 0 fully saturated rings. The number of carbonyl (C=O) groups is 1. The Morgan fingerprint density at radius 3 is 1.86 bits per heavy atom. The maximum atomic E-state index is 10.8. The molecule has 0 aliphatic heterocycles. The zero-order valence-corrected chi connectivity index (χ0v) is 10.3. The third-order valence-electron chi connectivity index (χ3n) is 2.26. The minimum atomic E-state index is 0.0463. The summed E-state index contributed by atoms with van der Waals surface area (Å²) in [6, 6.07) is 1.26. The lowest BCUT2D eigenvalue weighted by atomic mass is 10.2. The normalized spacial score (nSPS) is 13.8. The summed E-state index contributed by atoms with van der Waals surface area (Å²) >= 11 is 0. The maximum Gasteiger partial charge on any atom is 0.217 e. The Kier molecular flexibility index (Phi) is 5.77. The monoisotopic (exact) mass is 200 g/mol. The zero-order valence-electron chi connectivity index (χ0n) is 10.3. The predicted octanol–water partition coefficient (Wildman–Crippen LogP) is 1.63. The van der Waals surface area contributed by atoms with Crippen LogP contribution in [0.25, 0.3) is 0 Å². The van der Waals surface area contributed by atoms with Crippen LogP contribution in [0.2, 0.25) is 0 Å². The molecule has 0 aliphatic rings. The van der Waals surface area contributed by atoms with Crippen LogP contribution in [0.3, 0.4) is 0 Å². The van der Waals surface area contributed by atoms with Gasteiger partial charge >= 0.3 is 0 Å². The van der Waals surface area contributed by atoms with E-state index in [2.05, 4.69) is 37.9 Å². The van der Waals surface area contributed by atoms with Gasteiger partial charge < -0.3 is 5.32 Å². The minimum absolute atomic E-state index is 0.0463. The van der Waals surface area contributed by atoms with E-state index in [9.17, 15) is 4.79 Å². The predicted molar refractivity (Wildman–Crippen MR) is 60.3 cm³/mol. The number of amides is 1. The fourth-order valence-corrected chi connectivity index (χ4v) is 1.73. The molecule has 1 N–H and O–H groups in total. The molecule has 0 unspecified atom stereocenters. The molecule has 3 nitrogen and oxygen atoms in total. The van der Waals surface area contributed by atoms with Crippen molar-refractivity contribution in [3.05, 3.63) is 0 Å². The lowest BCUT2D eigenvalue weighted by Gasteiger charge is -2.32. The molecule has 0 saturated carbocycles. The van der Waals surface area contributed by atoms with Gasteiger partial charge in [-0.25, -0.2) is 0 Å². The minimum Gasteiger partial charge on any atom is -0.353 e. The van der Waals surface area contributed by atoms with E-state index < -0.39 is 0 Å². The second-order valence-electron chi connectivity index (χ2n) is 4.49. The molecule has 0 spiro atoms. The summed E-state index contributed by atoms with van der Waals surface area (Å²) < 4.78 is 0. The quantitative estimate of drug-likeness (QED) is 0.731. The highest BCUT2D eigenvalue weighted by atomic mass is 16.1. The lowest BCUT2D eigenvalue weighted by Crippen LogP contribution is -2.46. The second-order valence-corrected chi connectivity index (χ2v) is 4.49. The SMILES string of the molecule is CC(=O)N[C@@H](C)CN(C(C)C)C(C)C. The van der Waals surface area contributed by atoms with Gasteiger partial charge in [0.25, 0.3) is 0 Å². The van der Waals surface area contributed by atoms with Gasteiger partial charge in [0.1, 0.15) is 0 Å². The molecule has 0 aromatic carbocycles. The Balaban J connectivity index is 4.09. The summed E-state index contributed by atoms with van der Waals surface area (Å²) in [4.78, 5) is 13.2. The van der Waals surface area contributed by atoms with Crippen LogP contribution < -0.4 is 5.32 Å². The number of nitrogens with zero attached hydrogens (tertiary/aromatic N) is 1. The van der Waals surface area contributed by atoms with Crippen molar-refractivity contribution in [1.82, 2.24) is 10.2 Å². The van der Waals surface area contributed by atoms with Crippen molar-refractivity contribution >= 4 is 5.91 Å². The molecule has 3 heteroatoms. The van der Waals surface area contributed by atoms with Gasteiger partial charge in [-0.05, 0) is 34.6 Å². The van der Waals surface area contributed by atoms with Crippen LogP contribution in [0.5, 0.6) is 0 Å². The molecule has 0 aliphatic carbocycles. The Hall–Kier alpha value is -0.570. The second kappa shape index (κ2) is 6.02. The van der Waals surface area contributed by atoms with Crippen LogP contribution in [-0.2, 0) is 4.79 Å². The first-order valence-corrected chi connectivity index (χ1v) is 5.37. The average molecular weight is 200 g/mol. The van der Waals surface area contributed by atoms with E-state index in [4.69, 9.17) is 0 Å². The van der Waals surface area contributed by atoms with E-state index in [0.717, 1.165) is 6.54 Å². The summed E-state index contributed by atoms with van der Waals surface area (Å²) in [7, 11) is 0. The Morgan fingerprint density at radius 1 is 1.14 bits per heavy atom. The van der Waals surface area contributed by atoms with E-state index in [1.807, 2.05) is 6.92 Å². The molecule has 0 rings (SSSR count). The number of nitrogens with one attached hydrogen (secondary N) is 1. The van der Waals surface area contributed by atoms with Crippen molar-refractivity contribution < 1.29 is 4.79 Å². The summed E-state index contributed by atoms with van der Waals surface area (Å²) in [6.45, 7) is 13.2. The molecule has 0 heterocycles. The third-order valence-corrected chi connectivity index (χ3v) is 2.26. The van der Waals surface area contributed by atoms with Gasteiger partial charge in [-0.2, -0.15) is 0 Å². The molecule has 0 aromatic heterocycles. The molecule has 0 saturated heterocycles. The van der Waals surface area contributed by atoms with Gasteiger partial charge in [0.15, 0.2) is 0 Å². The van der Waals surface area contributed by atoms with E-state index in [1.165, 1.54) is 0 Å². The number of hydrogen-bond acceptors (Lipinski definition) is 2. The molecule has 84 valence electrons. The highest BCUT2D eigenvalue weighted by molar-refractivity contribution is 5.73. The standard InChI is InChI=1S/C11H24N2O/c1-8(2)13(9(3)4)7-10(5)12-11(6)14/h8-10H,7H2,1-6H3,(H,12,14)/t10-/m0/s1. The van der Waals surface area contributed by atoms with Crippen molar-refractivity contribution in [2.75, 3.05) is 6.54 Å². The van der Waals surface area contributed by atoms with Gasteiger partial charge in [0, 0.05) is 31.6 Å². The molecule has 14 heavy (non-hydrogen) atoms. The van der Waals surface area contributed by atoms with Gasteiger partial charge in [-0.3, -0.25) is 9.69 Å². The molecular formula is C11H24N2O. The molecule has 0 radical (unpaired) electrons. The van der Waals surface area contributed by atoms with Crippen LogP contribution in [0.15, 0.2) is 0 Å². The fraction of sp³-hybridized carbons (Fsp3) is 0.909. The Morgan fingerprint density at radius 2 is 1.57 bits per heavy atom. The highest BCUT2D eigenvalue weighted by Gasteiger charge is 2.16. The van der Waals surface area contributed by atoms with E-state index >= 15 is 0 Å². The van der Waals surface area contributed by atoms with Gasteiger partial charge in [-0.1, -0.05) is 0 Å². The van der Waals surface area contributed by atoms with E-state index in [1.54, 1.807) is 6.92 Å². The summed E-state index contributed by atoms with van der Waals surface area (Å²) in [5, 5.41) is 2.90. The van der Waals surface area contributed by atoms with E-state index in [0.29, 0.717) is 12.1 Å². The Labute approximate surface area is 87.9 Å². The van der Waals surface area contributed by atoms with Gasteiger partial charge in [0.05, 0.1) is 0 Å². The van der Waals surface area contributed by atoms with Crippen LogP contribution in [0.4, 0.5) is 0 Å². The average Bonchev–Trinajstić information content (AvgIpc) is 1.97. The number of rotatable bonds is 5. The van der Waals surface area contributed by atoms with Crippen molar-refractivity contribution in [1.29, 1.82) is 0 Å². The first-order chi connectivity index (χ1) is 6.34.